The van der Waals surface area contributed by atoms with Crippen molar-refractivity contribution < 1.29 is 35.1 Å². The molecule has 1 atom stereocenters. The molecule has 176 valence electrons. The lowest BCUT2D eigenvalue weighted by molar-refractivity contribution is -0.137. The van der Waals surface area contributed by atoms with Crippen LogP contribution in [0.15, 0.2) is 51.8 Å². The van der Waals surface area contributed by atoms with E-state index in [0.29, 0.717) is 18.4 Å². The molecule has 33 heavy (non-hydrogen) atoms. The highest BCUT2D eigenvalue weighted by molar-refractivity contribution is 7.89. The maximum absolute atomic E-state index is 13.7. The van der Waals surface area contributed by atoms with Gasteiger partial charge in [0, 0.05) is 18.7 Å². The van der Waals surface area contributed by atoms with Crippen LogP contribution in [0.2, 0.25) is 0 Å². The number of benzene rings is 2. The zero-order chi connectivity index (χ0) is 23.8. The molecule has 3 aromatic rings. The van der Waals surface area contributed by atoms with Gasteiger partial charge >= 0.3 is 6.18 Å². The van der Waals surface area contributed by atoms with Crippen LogP contribution in [0.25, 0.3) is 11.5 Å². The predicted octanol–water partition coefficient (Wildman–Crippen LogP) is 4.47. The molecule has 1 aliphatic rings. The summed E-state index contributed by atoms with van der Waals surface area (Å²) in [6.07, 6.45) is -3.39. The summed E-state index contributed by atoms with van der Waals surface area (Å²) in [5.74, 6) is -0.896. The average molecular weight is 485 g/mol. The number of halogens is 4. The van der Waals surface area contributed by atoms with Crippen molar-refractivity contribution >= 4 is 10.0 Å². The largest absolute Gasteiger partial charge is 0.495 e. The van der Waals surface area contributed by atoms with Crippen molar-refractivity contribution in [3.63, 3.8) is 0 Å². The van der Waals surface area contributed by atoms with Gasteiger partial charge in [-0.2, -0.15) is 17.5 Å². The summed E-state index contributed by atoms with van der Waals surface area (Å²) in [6, 6.07) is 7.56. The number of hydrogen-bond acceptors (Lipinski definition) is 6. The van der Waals surface area contributed by atoms with Gasteiger partial charge in [0.15, 0.2) is 0 Å². The SMILES string of the molecule is COc1ccc(F)cc1S(=O)(=O)N1CCCC(c2nnc(-c3ccc(C(F)(F)F)cc3)o2)C1. The van der Waals surface area contributed by atoms with Crippen LogP contribution >= 0.6 is 0 Å². The average Bonchev–Trinajstić information content (AvgIpc) is 3.29. The number of sulfonamides is 1. The molecule has 1 aromatic heterocycles. The number of rotatable bonds is 5. The molecule has 0 aliphatic carbocycles. The van der Waals surface area contributed by atoms with Crippen molar-refractivity contribution in [2.45, 2.75) is 29.8 Å². The van der Waals surface area contributed by atoms with Crippen LogP contribution in [0, 0.1) is 5.82 Å². The highest BCUT2D eigenvalue weighted by Gasteiger charge is 2.35. The van der Waals surface area contributed by atoms with E-state index in [2.05, 4.69) is 10.2 Å². The molecular weight excluding hydrogens is 466 g/mol. The summed E-state index contributed by atoms with van der Waals surface area (Å²) in [7, 11) is -2.76. The Labute approximate surface area is 187 Å². The van der Waals surface area contributed by atoms with Crippen LogP contribution < -0.4 is 4.74 Å². The van der Waals surface area contributed by atoms with Gasteiger partial charge in [-0.25, -0.2) is 12.8 Å². The third-order valence-corrected chi connectivity index (χ3v) is 7.26. The minimum atomic E-state index is -4.46. The lowest BCUT2D eigenvalue weighted by Gasteiger charge is -2.30. The quantitative estimate of drug-likeness (QED) is 0.496. The van der Waals surface area contributed by atoms with E-state index in [1.54, 1.807) is 0 Å². The number of ether oxygens (including phenoxy) is 1. The molecule has 7 nitrogen and oxygen atoms in total. The molecule has 1 unspecified atom stereocenters. The van der Waals surface area contributed by atoms with E-state index in [9.17, 15) is 26.0 Å². The molecule has 2 heterocycles. The fourth-order valence-electron chi connectivity index (χ4n) is 3.67. The molecule has 1 fully saturated rings. The van der Waals surface area contributed by atoms with Crippen LogP contribution in [-0.2, 0) is 16.2 Å². The fourth-order valence-corrected chi connectivity index (χ4v) is 5.36. The zero-order valence-electron chi connectivity index (χ0n) is 17.3. The standard InChI is InChI=1S/C21H19F4N3O4S/c1-31-17-9-8-16(22)11-18(17)33(29,30)28-10-2-3-14(12-28)20-27-26-19(32-20)13-4-6-15(7-5-13)21(23,24)25/h4-9,11,14H,2-3,10,12H2,1H3. The van der Waals surface area contributed by atoms with E-state index in [1.165, 1.54) is 29.6 Å². The maximum Gasteiger partial charge on any atom is 0.416 e. The minimum Gasteiger partial charge on any atom is -0.495 e. The lowest BCUT2D eigenvalue weighted by Crippen LogP contribution is -2.39. The number of nitrogens with zero attached hydrogens (tertiary/aromatic N) is 3. The van der Waals surface area contributed by atoms with Crippen molar-refractivity contribution in [3.05, 3.63) is 59.7 Å². The van der Waals surface area contributed by atoms with Crippen LogP contribution in [0.4, 0.5) is 17.6 Å². The van der Waals surface area contributed by atoms with Gasteiger partial charge in [-0.1, -0.05) is 0 Å². The first-order valence-corrected chi connectivity index (χ1v) is 11.4. The summed E-state index contributed by atoms with van der Waals surface area (Å²) in [4.78, 5) is -0.276. The van der Waals surface area contributed by atoms with E-state index in [1.807, 2.05) is 0 Å². The molecule has 0 amide bonds. The Morgan fingerprint density at radius 2 is 1.85 bits per heavy atom. The summed E-state index contributed by atoms with van der Waals surface area (Å²) < 4.78 is 90.3. The zero-order valence-corrected chi connectivity index (χ0v) is 18.2. The van der Waals surface area contributed by atoms with Crippen LogP contribution in [0.1, 0.15) is 30.2 Å². The van der Waals surface area contributed by atoms with Gasteiger partial charge in [0.05, 0.1) is 18.6 Å². The third-order valence-electron chi connectivity index (χ3n) is 5.38. The number of alkyl halides is 3. The Kier molecular flexibility index (Phi) is 6.14. The van der Waals surface area contributed by atoms with Crippen molar-refractivity contribution in [1.29, 1.82) is 0 Å². The smallest absolute Gasteiger partial charge is 0.416 e. The Morgan fingerprint density at radius 1 is 1.12 bits per heavy atom. The number of piperidine rings is 1. The van der Waals surface area contributed by atoms with Crippen molar-refractivity contribution in [2.24, 2.45) is 0 Å². The maximum atomic E-state index is 13.7. The van der Waals surface area contributed by atoms with Crippen molar-refractivity contribution in [1.82, 2.24) is 14.5 Å². The Balaban J connectivity index is 1.55. The molecule has 0 saturated carbocycles. The van der Waals surface area contributed by atoms with E-state index in [0.717, 1.165) is 24.3 Å². The van der Waals surface area contributed by atoms with E-state index < -0.39 is 33.5 Å². The van der Waals surface area contributed by atoms with Crippen LogP contribution in [0.5, 0.6) is 5.75 Å². The normalized spacial score (nSPS) is 17.8. The molecule has 1 aliphatic heterocycles. The lowest BCUT2D eigenvalue weighted by atomic mass is 10.00. The van der Waals surface area contributed by atoms with E-state index in [-0.39, 0.29) is 35.5 Å². The highest BCUT2D eigenvalue weighted by atomic mass is 32.2. The molecule has 1 saturated heterocycles. The molecule has 0 radical (unpaired) electrons. The first-order chi connectivity index (χ1) is 15.6. The Morgan fingerprint density at radius 3 is 2.52 bits per heavy atom. The summed E-state index contributed by atoms with van der Waals surface area (Å²) in [5, 5.41) is 7.88. The highest BCUT2D eigenvalue weighted by Crippen LogP contribution is 2.35. The molecule has 0 bridgehead atoms. The first kappa shape index (κ1) is 23.2. The molecule has 0 spiro atoms. The predicted molar refractivity (Wildman–Crippen MR) is 108 cm³/mol. The molecule has 4 rings (SSSR count). The van der Waals surface area contributed by atoms with E-state index >= 15 is 0 Å². The summed E-state index contributed by atoms with van der Waals surface area (Å²) in [5.41, 5.74) is -0.488. The van der Waals surface area contributed by atoms with Gasteiger partial charge in [-0.15, -0.1) is 10.2 Å². The molecule has 2 aromatic carbocycles. The Hall–Kier alpha value is -2.99. The number of hydrogen-bond donors (Lipinski definition) is 0. The van der Waals surface area contributed by atoms with E-state index in [4.69, 9.17) is 9.15 Å². The molecular formula is C21H19F4N3O4S. The van der Waals surface area contributed by atoms with Gasteiger partial charge in [-0.05, 0) is 55.3 Å². The third kappa shape index (κ3) is 4.71. The van der Waals surface area contributed by atoms with Crippen molar-refractivity contribution in [3.8, 4) is 17.2 Å². The topological polar surface area (TPSA) is 85.5 Å². The summed E-state index contributed by atoms with van der Waals surface area (Å²) >= 11 is 0. The second-order valence-corrected chi connectivity index (χ2v) is 9.42. The van der Waals surface area contributed by atoms with Gasteiger partial charge < -0.3 is 9.15 Å². The number of aromatic nitrogens is 2. The van der Waals surface area contributed by atoms with Gasteiger partial charge in [0.2, 0.25) is 21.8 Å². The summed E-state index contributed by atoms with van der Waals surface area (Å²) in [6.45, 7) is 0.245. The van der Waals surface area contributed by atoms with Gasteiger partial charge in [0.1, 0.15) is 16.5 Å². The second kappa shape index (κ2) is 8.75. The van der Waals surface area contributed by atoms with Crippen molar-refractivity contribution in [2.75, 3.05) is 20.2 Å². The Bertz CT molecular complexity index is 1240. The monoisotopic (exact) mass is 485 g/mol. The second-order valence-electron chi connectivity index (χ2n) is 7.52. The van der Waals surface area contributed by atoms with Crippen LogP contribution in [-0.4, -0.2) is 43.1 Å². The minimum absolute atomic E-state index is 0.0245. The first-order valence-electron chi connectivity index (χ1n) is 9.94. The van der Waals surface area contributed by atoms with Gasteiger partial charge in [0.25, 0.3) is 0 Å². The van der Waals surface area contributed by atoms with Crippen LogP contribution in [0.3, 0.4) is 0 Å². The molecule has 0 N–H and O–H groups in total. The molecule has 12 heteroatoms. The number of methoxy groups -OCH3 is 1. The van der Waals surface area contributed by atoms with Gasteiger partial charge in [-0.3, -0.25) is 0 Å². The fraction of sp³-hybridized carbons (Fsp3) is 0.333.